The SMILES string of the molecule is CCOC(=O)C1=C(C)N=c2sc(=Cc3cc(Cl)c(OC(C)=O)c(Cl)c3)c(=O)n2C1c1ccccc1OC(C)C. The molecule has 1 aliphatic heterocycles. The number of carbonyl (C=O) groups excluding carboxylic acids is 2. The first-order chi connectivity index (χ1) is 18.5. The van der Waals surface area contributed by atoms with Gasteiger partial charge in [0.25, 0.3) is 5.56 Å². The van der Waals surface area contributed by atoms with Crippen molar-refractivity contribution in [2.24, 2.45) is 4.99 Å². The van der Waals surface area contributed by atoms with E-state index in [0.717, 1.165) is 11.3 Å². The van der Waals surface area contributed by atoms with Crippen LogP contribution in [-0.4, -0.2) is 29.2 Å². The van der Waals surface area contributed by atoms with Gasteiger partial charge in [0.2, 0.25) is 0 Å². The van der Waals surface area contributed by atoms with E-state index in [9.17, 15) is 14.4 Å². The zero-order valence-electron chi connectivity index (χ0n) is 21.9. The number of para-hydroxylation sites is 1. The van der Waals surface area contributed by atoms with Gasteiger partial charge in [0.1, 0.15) is 11.8 Å². The molecule has 2 aromatic carbocycles. The molecular formula is C28H26Cl2N2O6S. The summed E-state index contributed by atoms with van der Waals surface area (Å²) in [6, 6.07) is 9.55. The lowest BCUT2D eigenvalue weighted by Crippen LogP contribution is -2.40. The summed E-state index contributed by atoms with van der Waals surface area (Å²) >= 11 is 13.8. The van der Waals surface area contributed by atoms with Gasteiger partial charge in [-0.1, -0.05) is 52.7 Å². The fraction of sp³-hybridized carbons (Fsp3) is 0.286. The minimum atomic E-state index is -0.823. The Balaban J connectivity index is 1.94. The van der Waals surface area contributed by atoms with Gasteiger partial charge in [-0.25, -0.2) is 9.79 Å². The molecule has 8 nitrogen and oxygen atoms in total. The highest BCUT2D eigenvalue weighted by Crippen LogP contribution is 2.37. The van der Waals surface area contributed by atoms with E-state index < -0.39 is 18.0 Å². The number of esters is 2. The largest absolute Gasteiger partial charge is 0.491 e. The number of allylic oxidation sites excluding steroid dienone is 1. The summed E-state index contributed by atoms with van der Waals surface area (Å²) in [6.45, 7) is 8.65. The maximum absolute atomic E-state index is 13.9. The van der Waals surface area contributed by atoms with Crippen LogP contribution in [-0.2, 0) is 14.3 Å². The maximum Gasteiger partial charge on any atom is 0.338 e. The molecule has 11 heteroatoms. The zero-order chi connectivity index (χ0) is 28.4. The van der Waals surface area contributed by atoms with Crippen molar-refractivity contribution in [3.05, 3.63) is 88.5 Å². The first-order valence-electron chi connectivity index (χ1n) is 12.1. The standard InChI is InChI=1S/C28H26Cl2N2O6S/c1-6-36-27(35)23-15(4)31-28-32(24(23)18-9-7-8-10-21(18)37-14(2)3)26(34)22(39-28)13-17-11-19(29)25(20(30)12-17)38-16(5)33/h7-14,24H,6H2,1-5H3. The minimum absolute atomic E-state index is 0.0425. The van der Waals surface area contributed by atoms with Crippen molar-refractivity contribution in [2.75, 3.05) is 6.61 Å². The molecule has 0 fully saturated rings. The van der Waals surface area contributed by atoms with E-state index in [1.54, 1.807) is 38.1 Å². The molecular weight excluding hydrogens is 563 g/mol. The van der Waals surface area contributed by atoms with Crippen LogP contribution in [0.3, 0.4) is 0 Å². The number of rotatable bonds is 7. The van der Waals surface area contributed by atoms with Crippen LogP contribution >= 0.6 is 34.5 Å². The molecule has 204 valence electrons. The second-order valence-electron chi connectivity index (χ2n) is 8.91. The van der Waals surface area contributed by atoms with E-state index in [0.29, 0.717) is 31.9 Å². The molecule has 0 saturated heterocycles. The van der Waals surface area contributed by atoms with Crippen LogP contribution in [0, 0.1) is 0 Å². The number of benzene rings is 2. The molecule has 1 aromatic heterocycles. The van der Waals surface area contributed by atoms with Gasteiger partial charge in [-0.3, -0.25) is 14.2 Å². The normalized spacial score (nSPS) is 15.2. The van der Waals surface area contributed by atoms with Crippen LogP contribution in [0.4, 0.5) is 0 Å². The lowest BCUT2D eigenvalue weighted by Gasteiger charge is -2.26. The molecule has 0 N–H and O–H groups in total. The zero-order valence-corrected chi connectivity index (χ0v) is 24.2. The van der Waals surface area contributed by atoms with E-state index in [-0.39, 0.29) is 39.6 Å². The summed E-state index contributed by atoms with van der Waals surface area (Å²) in [5, 5.41) is 0.240. The van der Waals surface area contributed by atoms with E-state index in [1.165, 1.54) is 11.5 Å². The second-order valence-corrected chi connectivity index (χ2v) is 10.7. The molecule has 0 aliphatic carbocycles. The van der Waals surface area contributed by atoms with Gasteiger partial charge in [-0.2, -0.15) is 0 Å². The number of aromatic nitrogens is 1. The third-order valence-corrected chi connectivity index (χ3v) is 7.20. The molecule has 0 amide bonds. The third-order valence-electron chi connectivity index (χ3n) is 5.66. The predicted octanol–water partition coefficient (Wildman–Crippen LogP) is 4.82. The monoisotopic (exact) mass is 588 g/mol. The highest BCUT2D eigenvalue weighted by molar-refractivity contribution is 7.07. The Labute approximate surface area is 238 Å². The van der Waals surface area contributed by atoms with Crippen molar-refractivity contribution >= 4 is 52.6 Å². The number of fused-ring (bicyclic) bond motifs is 1. The molecule has 0 radical (unpaired) electrons. The minimum Gasteiger partial charge on any atom is -0.491 e. The third kappa shape index (κ3) is 5.95. The molecule has 0 bridgehead atoms. The van der Waals surface area contributed by atoms with Gasteiger partial charge < -0.3 is 14.2 Å². The Kier molecular flexibility index (Phi) is 8.64. The van der Waals surface area contributed by atoms with Gasteiger partial charge in [0, 0.05) is 12.5 Å². The molecule has 4 rings (SSSR count). The second kappa shape index (κ2) is 11.8. The molecule has 0 saturated carbocycles. The van der Waals surface area contributed by atoms with Crippen molar-refractivity contribution < 1.29 is 23.8 Å². The smallest absolute Gasteiger partial charge is 0.338 e. The summed E-state index contributed by atoms with van der Waals surface area (Å²) < 4.78 is 18.3. The van der Waals surface area contributed by atoms with E-state index in [4.69, 9.17) is 37.4 Å². The quantitative estimate of drug-likeness (QED) is 0.290. The fourth-order valence-corrected chi connectivity index (χ4v) is 5.84. The van der Waals surface area contributed by atoms with Crippen molar-refractivity contribution in [2.45, 2.75) is 46.8 Å². The number of ether oxygens (including phenoxy) is 3. The average Bonchev–Trinajstić information content (AvgIpc) is 3.15. The van der Waals surface area contributed by atoms with Crippen LogP contribution in [0.25, 0.3) is 6.08 Å². The summed E-state index contributed by atoms with van der Waals surface area (Å²) in [5.41, 5.74) is 1.49. The number of hydrogen-bond donors (Lipinski definition) is 0. The van der Waals surface area contributed by atoms with Crippen molar-refractivity contribution in [1.82, 2.24) is 4.57 Å². The van der Waals surface area contributed by atoms with E-state index in [2.05, 4.69) is 4.99 Å². The number of carbonyl (C=O) groups is 2. The van der Waals surface area contributed by atoms with Crippen LogP contribution in [0.1, 0.15) is 51.8 Å². The van der Waals surface area contributed by atoms with Crippen LogP contribution in [0.2, 0.25) is 10.0 Å². The van der Waals surface area contributed by atoms with Crippen LogP contribution < -0.4 is 24.4 Å². The lowest BCUT2D eigenvalue weighted by molar-refractivity contribution is -0.139. The molecule has 1 unspecified atom stereocenters. The first kappa shape index (κ1) is 28.6. The van der Waals surface area contributed by atoms with Gasteiger partial charge in [0.15, 0.2) is 10.6 Å². The van der Waals surface area contributed by atoms with Gasteiger partial charge >= 0.3 is 11.9 Å². The van der Waals surface area contributed by atoms with Crippen LogP contribution in [0.15, 0.2) is 57.5 Å². The molecule has 0 spiro atoms. The summed E-state index contributed by atoms with van der Waals surface area (Å²) in [7, 11) is 0. The molecule has 39 heavy (non-hydrogen) atoms. The topological polar surface area (TPSA) is 96.2 Å². The highest BCUT2D eigenvalue weighted by Gasteiger charge is 2.35. The van der Waals surface area contributed by atoms with E-state index >= 15 is 0 Å². The maximum atomic E-state index is 13.9. The summed E-state index contributed by atoms with van der Waals surface area (Å²) in [6.07, 6.45) is 1.48. The number of thiazole rings is 1. The van der Waals surface area contributed by atoms with Gasteiger partial charge in [-0.15, -0.1) is 0 Å². The van der Waals surface area contributed by atoms with Crippen LogP contribution in [0.5, 0.6) is 11.5 Å². The predicted molar refractivity (Wildman–Crippen MR) is 150 cm³/mol. The molecule has 2 heterocycles. The van der Waals surface area contributed by atoms with Crippen molar-refractivity contribution in [3.8, 4) is 11.5 Å². The Morgan fingerprint density at radius 2 is 1.85 bits per heavy atom. The fourth-order valence-electron chi connectivity index (χ4n) is 4.21. The molecule has 1 atom stereocenters. The Hall–Kier alpha value is -3.40. The lowest BCUT2D eigenvalue weighted by atomic mass is 9.95. The average molecular weight is 589 g/mol. The molecule has 3 aromatic rings. The van der Waals surface area contributed by atoms with Crippen molar-refractivity contribution in [3.63, 3.8) is 0 Å². The van der Waals surface area contributed by atoms with Crippen molar-refractivity contribution in [1.29, 1.82) is 0 Å². The Bertz CT molecular complexity index is 1650. The summed E-state index contributed by atoms with van der Waals surface area (Å²) in [4.78, 5) is 43.4. The first-order valence-corrected chi connectivity index (χ1v) is 13.7. The number of hydrogen-bond acceptors (Lipinski definition) is 8. The van der Waals surface area contributed by atoms with Gasteiger partial charge in [-0.05, 0) is 57.5 Å². The van der Waals surface area contributed by atoms with E-state index in [1.807, 2.05) is 32.0 Å². The summed E-state index contributed by atoms with van der Waals surface area (Å²) in [5.74, 6) is -0.532. The number of halogens is 2. The Morgan fingerprint density at radius 3 is 2.46 bits per heavy atom. The van der Waals surface area contributed by atoms with Gasteiger partial charge in [0.05, 0.1) is 38.6 Å². The number of nitrogens with zero attached hydrogens (tertiary/aromatic N) is 2. The highest BCUT2D eigenvalue weighted by atomic mass is 35.5. The Morgan fingerprint density at radius 1 is 1.18 bits per heavy atom. The molecule has 1 aliphatic rings.